The molecule has 3 fully saturated rings. The van der Waals surface area contributed by atoms with E-state index in [2.05, 4.69) is 32.5 Å². The first kappa shape index (κ1) is 24.6. The largest absolute Gasteiger partial charge is 0.347 e. The van der Waals surface area contributed by atoms with Gasteiger partial charge in [-0.25, -0.2) is 4.79 Å². The molecule has 0 aliphatic carbocycles. The molecule has 3 unspecified atom stereocenters. The van der Waals surface area contributed by atoms with Crippen LogP contribution in [0.25, 0.3) is 11.4 Å². The third kappa shape index (κ3) is 4.45. The van der Waals surface area contributed by atoms with Crippen LogP contribution in [0.5, 0.6) is 0 Å². The number of piperidine rings is 2. The number of carbonyl (C=O) groups excluding carboxylic acids is 3. The maximum Gasteiger partial charge on any atom is 0.326 e. The molecule has 3 saturated heterocycles. The number of carbonyl (C=O) groups is 3. The zero-order valence-corrected chi connectivity index (χ0v) is 21.6. The van der Waals surface area contributed by atoms with Crippen LogP contribution in [0.3, 0.4) is 0 Å². The number of amides is 4. The Morgan fingerprint density at radius 1 is 1.16 bits per heavy atom. The molecule has 4 aliphatic heterocycles. The third-order valence-corrected chi connectivity index (χ3v) is 8.89. The molecule has 4 atom stereocenters. The highest BCUT2D eigenvalue weighted by Gasteiger charge is 2.51. The number of nitrogens with one attached hydrogen (secondary N) is 3. The van der Waals surface area contributed by atoms with Gasteiger partial charge in [-0.05, 0) is 56.1 Å². The molecule has 2 aromatic rings. The number of urea groups is 1. The molecule has 0 aromatic carbocycles. The fourth-order valence-electron chi connectivity index (χ4n) is 5.82. The van der Waals surface area contributed by atoms with Gasteiger partial charge in [0.15, 0.2) is 0 Å². The van der Waals surface area contributed by atoms with E-state index in [4.69, 9.17) is 0 Å². The molecule has 0 radical (unpaired) electrons. The van der Waals surface area contributed by atoms with Gasteiger partial charge in [-0.15, -0.1) is 0 Å². The number of anilines is 1. The number of rotatable bonds is 5. The van der Waals surface area contributed by atoms with Gasteiger partial charge in [-0.1, -0.05) is 24.4 Å². The summed E-state index contributed by atoms with van der Waals surface area (Å²) in [5.74, 6) is -0.377. The highest BCUT2D eigenvalue weighted by Crippen LogP contribution is 2.48. The average Bonchev–Trinajstić information content (AvgIpc) is 3.33. The van der Waals surface area contributed by atoms with Crippen molar-refractivity contribution in [3.63, 3.8) is 0 Å². The van der Waals surface area contributed by atoms with Crippen LogP contribution in [0.15, 0.2) is 66.0 Å². The lowest BCUT2D eigenvalue weighted by molar-refractivity contribution is -0.128. The Morgan fingerprint density at radius 3 is 2.84 bits per heavy atom. The molecule has 38 heavy (non-hydrogen) atoms. The van der Waals surface area contributed by atoms with Gasteiger partial charge in [0.25, 0.3) is 5.91 Å². The van der Waals surface area contributed by atoms with Gasteiger partial charge in [0, 0.05) is 48.8 Å². The second-order valence-corrected chi connectivity index (χ2v) is 11.0. The van der Waals surface area contributed by atoms with E-state index in [1.165, 1.54) is 17.8 Å². The minimum absolute atomic E-state index is 0.0186. The van der Waals surface area contributed by atoms with Crippen LogP contribution in [0.2, 0.25) is 0 Å². The number of nitrogens with zero attached hydrogens (tertiary/aromatic N) is 4. The van der Waals surface area contributed by atoms with Crippen molar-refractivity contribution in [3.05, 3.63) is 66.0 Å². The minimum atomic E-state index is -0.256. The van der Waals surface area contributed by atoms with Crippen molar-refractivity contribution < 1.29 is 14.4 Å². The lowest BCUT2D eigenvalue weighted by atomic mass is 9.86. The lowest BCUT2D eigenvalue weighted by Gasteiger charge is -2.45. The summed E-state index contributed by atoms with van der Waals surface area (Å²) in [6, 6.07) is 8.88. The molecule has 2 aromatic heterocycles. The number of hydrogen-bond acceptors (Lipinski definition) is 7. The van der Waals surface area contributed by atoms with E-state index in [9.17, 15) is 14.4 Å². The highest BCUT2D eigenvalue weighted by molar-refractivity contribution is 8.04. The predicted octanol–water partition coefficient (Wildman–Crippen LogP) is 2.23. The van der Waals surface area contributed by atoms with Crippen LogP contribution in [0, 0.1) is 5.92 Å². The first-order chi connectivity index (χ1) is 18.5. The Morgan fingerprint density at radius 2 is 2.03 bits per heavy atom. The average molecular weight is 532 g/mol. The number of pyridine rings is 2. The lowest BCUT2D eigenvalue weighted by Crippen LogP contribution is -2.62. The van der Waals surface area contributed by atoms with E-state index in [1.807, 2.05) is 30.3 Å². The molecule has 4 aliphatic rings. The molecular formula is C27H29N7O3S. The van der Waals surface area contributed by atoms with E-state index in [1.54, 1.807) is 22.2 Å². The molecule has 196 valence electrons. The first-order valence-electron chi connectivity index (χ1n) is 12.9. The van der Waals surface area contributed by atoms with Crippen molar-refractivity contribution in [3.8, 4) is 11.4 Å². The monoisotopic (exact) mass is 531 g/mol. The van der Waals surface area contributed by atoms with Crippen LogP contribution < -0.4 is 20.9 Å². The van der Waals surface area contributed by atoms with Crippen molar-refractivity contribution in [2.24, 2.45) is 5.92 Å². The van der Waals surface area contributed by atoms with Gasteiger partial charge >= 0.3 is 6.03 Å². The van der Waals surface area contributed by atoms with E-state index in [-0.39, 0.29) is 41.2 Å². The quantitative estimate of drug-likeness (QED) is 0.506. The summed E-state index contributed by atoms with van der Waals surface area (Å²) in [7, 11) is 0. The molecular weight excluding hydrogens is 502 g/mol. The van der Waals surface area contributed by atoms with Gasteiger partial charge in [0.1, 0.15) is 0 Å². The Labute approximate surface area is 225 Å². The number of hydrogen-bond donors (Lipinski definition) is 3. The normalized spacial score (nSPS) is 26.5. The molecule has 11 heteroatoms. The van der Waals surface area contributed by atoms with E-state index >= 15 is 0 Å². The molecule has 10 nitrogen and oxygen atoms in total. The first-order valence-corrected chi connectivity index (χ1v) is 13.8. The Hall–Kier alpha value is -3.70. The predicted molar refractivity (Wildman–Crippen MR) is 145 cm³/mol. The maximum atomic E-state index is 13.5. The van der Waals surface area contributed by atoms with Crippen LogP contribution in [0.1, 0.15) is 19.3 Å². The molecule has 6 rings (SSSR count). The summed E-state index contributed by atoms with van der Waals surface area (Å²) in [5, 5.41) is 9.67. The fraction of sp³-hybridized carbons (Fsp3) is 0.370. The zero-order valence-electron chi connectivity index (χ0n) is 20.8. The van der Waals surface area contributed by atoms with Crippen molar-refractivity contribution in [2.75, 3.05) is 24.5 Å². The van der Waals surface area contributed by atoms with Crippen molar-refractivity contribution >= 4 is 35.3 Å². The zero-order chi connectivity index (χ0) is 26.2. The summed E-state index contributed by atoms with van der Waals surface area (Å²) < 4.78 is 0. The molecule has 0 bridgehead atoms. The van der Waals surface area contributed by atoms with Crippen LogP contribution in [-0.2, 0) is 9.59 Å². The molecule has 4 amide bonds. The van der Waals surface area contributed by atoms with E-state index in [0.717, 1.165) is 37.2 Å². The highest BCUT2D eigenvalue weighted by atomic mass is 32.2. The fourth-order valence-corrected chi connectivity index (χ4v) is 7.22. The molecule has 3 N–H and O–H groups in total. The number of aromatic nitrogens is 2. The topological polar surface area (TPSA) is 120 Å². The Kier molecular flexibility index (Phi) is 6.62. The molecule has 0 saturated carbocycles. The van der Waals surface area contributed by atoms with Gasteiger partial charge in [-0.2, -0.15) is 0 Å². The van der Waals surface area contributed by atoms with Crippen molar-refractivity contribution in [2.45, 2.75) is 36.7 Å². The van der Waals surface area contributed by atoms with Gasteiger partial charge in [0.2, 0.25) is 5.91 Å². The summed E-state index contributed by atoms with van der Waals surface area (Å²) in [5.41, 5.74) is 2.87. The van der Waals surface area contributed by atoms with Crippen molar-refractivity contribution in [1.82, 2.24) is 30.8 Å². The minimum Gasteiger partial charge on any atom is -0.347 e. The van der Waals surface area contributed by atoms with E-state index < -0.39 is 0 Å². The second-order valence-electron chi connectivity index (χ2n) is 9.83. The summed E-state index contributed by atoms with van der Waals surface area (Å²) in [6.45, 7) is 5.43. The molecule has 6 heterocycles. The van der Waals surface area contributed by atoms with E-state index in [0.29, 0.717) is 29.4 Å². The van der Waals surface area contributed by atoms with Crippen molar-refractivity contribution in [1.29, 1.82) is 0 Å². The Bertz CT molecular complexity index is 1320. The van der Waals surface area contributed by atoms with Crippen LogP contribution in [0.4, 0.5) is 10.5 Å². The van der Waals surface area contributed by atoms with Crippen LogP contribution in [-0.4, -0.2) is 69.8 Å². The molecule has 0 spiro atoms. The standard InChI is InChI=1S/C27H29N7O3S/c1-2-21(35)33-13-5-6-16(15-33)31-25(36)24-23-22-20(9-12-30-26(22)38-24)34(27(37)32-23)17-8-11-29-19(14-17)18-7-3-4-10-28-18/h2-4,7-8,10-11,14,16,20,22,26,30H,1,5-6,9,12-13,15H2,(H,31,36)(H,32,37)/t16-,20?,22?,26?/m1/s1. The summed E-state index contributed by atoms with van der Waals surface area (Å²) in [6.07, 6.45) is 7.10. The SMILES string of the molecule is C=CC(=O)N1CCC[C@@H](NC(=O)C2=C3NC(=O)N(c4ccnc(-c5ccccn5)c4)C4CCNC(S2)C34)C1. The van der Waals surface area contributed by atoms with Gasteiger partial charge < -0.3 is 20.9 Å². The number of likely N-dealkylation sites (tertiary alicyclic amines) is 1. The Balaban J connectivity index is 1.25. The summed E-state index contributed by atoms with van der Waals surface area (Å²) in [4.78, 5) is 51.9. The third-order valence-electron chi connectivity index (χ3n) is 7.54. The smallest absolute Gasteiger partial charge is 0.326 e. The maximum absolute atomic E-state index is 13.5. The number of thioether (sulfide) groups is 1. The van der Waals surface area contributed by atoms with Gasteiger partial charge in [0.05, 0.1) is 27.7 Å². The van der Waals surface area contributed by atoms with Crippen LogP contribution >= 0.6 is 11.8 Å². The summed E-state index contributed by atoms with van der Waals surface area (Å²) >= 11 is 1.47. The van der Waals surface area contributed by atoms with Gasteiger partial charge in [-0.3, -0.25) is 24.5 Å². The second kappa shape index (κ2) is 10.2.